The molecule has 0 aliphatic carbocycles. The van der Waals surface area contributed by atoms with Crippen molar-refractivity contribution in [2.75, 3.05) is 25.1 Å². The fourth-order valence-corrected chi connectivity index (χ4v) is 2.29. The first kappa shape index (κ1) is 16.5. The number of halogens is 1. The van der Waals surface area contributed by atoms with E-state index in [2.05, 4.69) is 36.5 Å². The maximum Gasteiger partial charge on any atom is 0.146 e. The fraction of sp³-hybridized carbons (Fsp3) is 0.333. The van der Waals surface area contributed by atoms with Crippen LogP contribution in [0.2, 0.25) is 0 Å². The molecule has 2 aromatic carbocycles. The molecular formula is C18H23FN2O. The van der Waals surface area contributed by atoms with Gasteiger partial charge in [-0.05, 0) is 30.2 Å². The molecule has 2 N–H and O–H groups in total. The lowest BCUT2D eigenvalue weighted by Gasteiger charge is -2.19. The molecule has 0 aliphatic rings. The Hall–Kier alpha value is -1.91. The Balaban J connectivity index is 1.95. The number of benzene rings is 2. The highest BCUT2D eigenvalue weighted by Crippen LogP contribution is 2.19. The molecule has 22 heavy (non-hydrogen) atoms. The van der Waals surface area contributed by atoms with Crippen molar-refractivity contribution in [2.24, 2.45) is 0 Å². The number of hydrogen-bond acceptors (Lipinski definition) is 3. The van der Waals surface area contributed by atoms with E-state index in [9.17, 15) is 4.39 Å². The highest BCUT2D eigenvalue weighted by Gasteiger charge is 2.08. The molecule has 0 saturated carbocycles. The lowest BCUT2D eigenvalue weighted by Crippen LogP contribution is -2.22. The van der Waals surface area contributed by atoms with E-state index in [1.807, 2.05) is 6.07 Å². The van der Waals surface area contributed by atoms with Crippen molar-refractivity contribution in [3.8, 4) is 0 Å². The van der Waals surface area contributed by atoms with Crippen molar-refractivity contribution in [2.45, 2.75) is 20.0 Å². The van der Waals surface area contributed by atoms with E-state index in [4.69, 9.17) is 5.11 Å². The molecule has 2 aromatic rings. The molecule has 4 heteroatoms. The van der Waals surface area contributed by atoms with E-state index in [0.29, 0.717) is 18.8 Å². The minimum absolute atomic E-state index is 0.00580. The summed E-state index contributed by atoms with van der Waals surface area (Å²) in [7, 11) is 1.78. The first-order valence-electron chi connectivity index (χ1n) is 7.47. The van der Waals surface area contributed by atoms with Gasteiger partial charge in [-0.25, -0.2) is 4.39 Å². The lowest BCUT2D eigenvalue weighted by atomic mass is 10.1. The van der Waals surface area contributed by atoms with Crippen LogP contribution in [0.1, 0.15) is 16.7 Å². The van der Waals surface area contributed by atoms with Gasteiger partial charge in [0, 0.05) is 26.7 Å². The van der Waals surface area contributed by atoms with Crippen molar-refractivity contribution in [3.05, 3.63) is 65.0 Å². The molecule has 3 nitrogen and oxygen atoms in total. The average Bonchev–Trinajstić information content (AvgIpc) is 2.51. The van der Waals surface area contributed by atoms with E-state index in [1.54, 1.807) is 18.0 Å². The number of hydrogen-bond donors (Lipinski definition) is 2. The molecule has 0 aromatic heterocycles. The van der Waals surface area contributed by atoms with Crippen LogP contribution >= 0.6 is 0 Å². The summed E-state index contributed by atoms with van der Waals surface area (Å²) >= 11 is 0. The van der Waals surface area contributed by atoms with E-state index in [0.717, 1.165) is 12.1 Å². The van der Waals surface area contributed by atoms with Gasteiger partial charge in [0.2, 0.25) is 0 Å². The summed E-state index contributed by atoms with van der Waals surface area (Å²) in [6, 6.07) is 13.5. The Morgan fingerprint density at radius 1 is 1.05 bits per heavy atom. The zero-order valence-electron chi connectivity index (χ0n) is 13.1. The number of aryl methyl sites for hydroxylation is 1. The zero-order chi connectivity index (χ0) is 15.9. The largest absolute Gasteiger partial charge is 0.395 e. The molecule has 0 fully saturated rings. The number of likely N-dealkylation sites (N-methyl/N-ethyl adjacent to an activating group) is 1. The lowest BCUT2D eigenvalue weighted by molar-refractivity contribution is 0.303. The molecule has 0 atom stereocenters. The second kappa shape index (κ2) is 7.92. The van der Waals surface area contributed by atoms with Gasteiger partial charge in [-0.1, -0.05) is 35.9 Å². The van der Waals surface area contributed by atoms with Crippen LogP contribution in [0.25, 0.3) is 0 Å². The second-order valence-electron chi connectivity index (χ2n) is 5.52. The van der Waals surface area contributed by atoms with Crippen molar-refractivity contribution in [1.82, 2.24) is 5.32 Å². The predicted octanol–water partition coefficient (Wildman–Crippen LogP) is 2.85. The van der Waals surface area contributed by atoms with Crippen LogP contribution < -0.4 is 10.2 Å². The number of anilines is 1. The Bertz CT molecular complexity index is 599. The molecule has 0 radical (unpaired) electrons. The van der Waals surface area contributed by atoms with Gasteiger partial charge < -0.3 is 15.3 Å². The third kappa shape index (κ3) is 4.55. The standard InChI is InChI=1S/C18H23FN2O/c1-14-3-5-15(6-4-14)12-20-13-16-7-8-17(19)18(11-16)21(2)9-10-22/h3-8,11,20,22H,9-10,12-13H2,1-2H3. The Morgan fingerprint density at radius 2 is 1.68 bits per heavy atom. The minimum Gasteiger partial charge on any atom is -0.395 e. The molecule has 0 bridgehead atoms. The smallest absolute Gasteiger partial charge is 0.146 e. The zero-order valence-corrected chi connectivity index (χ0v) is 13.1. The van der Waals surface area contributed by atoms with Gasteiger partial charge in [-0.15, -0.1) is 0 Å². The van der Waals surface area contributed by atoms with Gasteiger partial charge in [0.1, 0.15) is 5.82 Å². The van der Waals surface area contributed by atoms with Crippen molar-refractivity contribution in [1.29, 1.82) is 0 Å². The summed E-state index contributed by atoms with van der Waals surface area (Å²) in [5, 5.41) is 12.3. The fourth-order valence-electron chi connectivity index (χ4n) is 2.29. The predicted molar refractivity (Wildman–Crippen MR) is 88.5 cm³/mol. The van der Waals surface area contributed by atoms with Gasteiger partial charge in [0.25, 0.3) is 0 Å². The van der Waals surface area contributed by atoms with Crippen molar-refractivity contribution >= 4 is 5.69 Å². The van der Waals surface area contributed by atoms with Crippen LogP contribution in [-0.2, 0) is 13.1 Å². The number of nitrogens with zero attached hydrogens (tertiary/aromatic N) is 1. The Labute approximate surface area is 131 Å². The number of nitrogens with one attached hydrogen (secondary N) is 1. The van der Waals surface area contributed by atoms with E-state index < -0.39 is 0 Å². The van der Waals surface area contributed by atoms with Crippen molar-refractivity contribution in [3.63, 3.8) is 0 Å². The van der Waals surface area contributed by atoms with Crippen molar-refractivity contribution < 1.29 is 9.50 Å². The van der Waals surface area contributed by atoms with Crippen LogP contribution in [0.15, 0.2) is 42.5 Å². The third-order valence-corrected chi connectivity index (χ3v) is 3.64. The highest BCUT2D eigenvalue weighted by atomic mass is 19.1. The third-order valence-electron chi connectivity index (χ3n) is 3.64. The van der Waals surface area contributed by atoms with Crippen LogP contribution in [0.3, 0.4) is 0 Å². The first-order chi connectivity index (χ1) is 10.6. The normalized spacial score (nSPS) is 10.7. The molecule has 0 heterocycles. The summed E-state index contributed by atoms with van der Waals surface area (Å²) in [4.78, 5) is 1.72. The molecule has 0 amide bonds. The Morgan fingerprint density at radius 3 is 2.36 bits per heavy atom. The van der Waals surface area contributed by atoms with Gasteiger partial charge in [0.15, 0.2) is 0 Å². The maximum absolute atomic E-state index is 13.8. The highest BCUT2D eigenvalue weighted by molar-refractivity contribution is 5.49. The quantitative estimate of drug-likeness (QED) is 0.825. The molecule has 118 valence electrons. The average molecular weight is 302 g/mol. The summed E-state index contributed by atoms with van der Waals surface area (Å²) in [5.74, 6) is -0.266. The van der Waals surface area contributed by atoms with Gasteiger partial charge >= 0.3 is 0 Å². The monoisotopic (exact) mass is 302 g/mol. The van der Waals surface area contributed by atoms with Crippen LogP contribution in [0.4, 0.5) is 10.1 Å². The molecule has 0 saturated heterocycles. The van der Waals surface area contributed by atoms with Crippen LogP contribution in [-0.4, -0.2) is 25.3 Å². The van der Waals surface area contributed by atoms with Gasteiger partial charge in [-0.3, -0.25) is 0 Å². The van der Waals surface area contributed by atoms with Crippen LogP contribution in [0.5, 0.6) is 0 Å². The SMILES string of the molecule is Cc1ccc(CNCc2ccc(F)c(N(C)CCO)c2)cc1. The molecular weight excluding hydrogens is 279 g/mol. The van der Waals surface area contributed by atoms with Gasteiger partial charge in [-0.2, -0.15) is 0 Å². The molecule has 0 spiro atoms. The van der Waals surface area contributed by atoms with E-state index >= 15 is 0 Å². The Kier molecular flexibility index (Phi) is 5.92. The van der Waals surface area contributed by atoms with E-state index in [-0.39, 0.29) is 12.4 Å². The maximum atomic E-state index is 13.8. The minimum atomic E-state index is -0.266. The number of aliphatic hydroxyl groups excluding tert-OH is 1. The number of aliphatic hydroxyl groups is 1. The molecule has 2 rings (SSSR count). The summed E-state index contributed by atoms with van der Waals surface area (Å²) in [6.07, 6.45) is 0. The summed E-state index contributed by atoms with van der Waals surface area (Å²) in [5.41, 5.74) is 4.01. The summed E-state index contributed by atoms with van der Waals surface area (Å²) in [6.45, 7) is 3.94. The topological polar surface area (TPSA) is 35.5 Å². The summed E-state index contributed by atoms with van der Waals surface area (Å²) < 4.78 is 13.8. The number of rotatable bonds is 7. The second-order valence-corrected chi connectivity index (χ2v) is 5.52. The van der Waals surface area contributed by atoms with Crippen LogP contribution in [0, 0.1) is 12.7 Å². The van der Waals surface area contributed by atoms with E-state index in [1.165, 1.54) is 17.2 Å². The van der Waals surface area contributed by atoms with Gasteiger partial charge in [0.05, 0.1) is 12.3 Å². The first-order valence-corrected chi connectivity index (χ1v) is 7.47. The molecule has 0 aliphatic heterocycles. The molecule has 0 unspecified atom stereocenters.